The Hall–Kier alpha value is -3.40. The van der Waals surface area contributed by atoms with Crippen LogP contribution in [-0.4, -0.2) is 75.9 Å². The second kappa shape index (κ2) is 11.8. The number of aromatic amines is 1. The van der Waals surface area contributed by atoms with Crippen molar-refractivity contribution in [2.45, 2.75) is 76.5 Å². The fourth-order valence-corrected chi connectivity index (χ4v) is 5.31. The minimum atomic E-state index is -1.03. The number of carbonyl (C=O) groups is 4. The van der Waals surface area contributed by atoms with Gasteiger partial charge in [0, 0.05) is 30.1 Å². The number of carbonyl (C=O) groups excluding carboxylic acids is 3. The maximum Gasteiger partial charge on any atom is 0.326 e. The van der Waals surface area contributed by atoms with Crippen molar-refractivity contribution in [1.82, 2.24) is 25.8 Å². The highest BCUT2D eigenvalue weighted by Crippen LogP contribution is 2.23. The average molecular weight is 512 g/mol. The van der Waals surface area contributed by atoms with Crippen LogP contribution in [0.25, 0.3) is 10.9 Å². The highest BCUT2D eigenvalue weighted by atomic mass is 16.4. The quantitative estimate of drug-likeness (QED) is 0.328. The summed E-state index contributed by atoms with van der Waals surface area (Å²) >= 11 is 0. The number of hydrogen-bond donors (Lipinski definition) is 5. The minimum absolute atomic E-state index is 0.215. The molecule has 0 spiro atoms. The minimum Gasteiger partial charge on any atom is -0.480 e. The highest BCUT2D eigenvalue weighted by molar-refractivity contribution is 5.95. The molecule has 2 saturated heterocycles. The van der Waals surface area contributed by atoms with Crippen LogP contribution in [0, 0.1) is 5.92 Å². The van der Waals surface area contributed by atoms with Gasteiger partial charge in [0.2, 0.25) is 17.7 Å². The Morgan fingerprint density at radius 3 is 2.62 bits per heavy atom. The number of nitrogens with one attached hydrogen (secondary N) is 4. The Bertz CT molecular complexity index is 1140. The van der Waals surface area contributed by atoms with Crippen molar-refractivity contribution in [2.75, 3.05) is 13.1 Å². The molecule has 0 radical (unpaired) electrons. The van der Waals surface area contributed by atoms with Gasteiger partial charge in [-0.3, -0.25) is 14.4 Å². The Balaban J connectivity index is 1.56. The van der Waals surface area contributed by atoms with E-state index in [1.54, 1.807) is 0 Å². The van der Waals surface area contributed by atoms with Gasteiger partial charge in [-0.1, -0.05) is 38.5 Å². The van der Waals surface area contributed by atoms with E-state index >= 15 is 0 Å². The van der Waals surface area contributed by atoms with Crippen molar-refractivity contribution in [3.63, 3.8) is 0 Å². The van der Waals surface area contributed by atoms with E-state index in [4.69, 9.17) is 0 Å². The van der Waals surface area contributed by atoms with Crippen LogP contribution in [0.3, 0.4) is 0 Å². The molecule has 4 rings (SSSR count). The number of benzene rings is 1. The van der Waals surface area contributed by atoms with Gasteiger partial charge in [0.15, 0.2) is 0 Å². The molecular weight excluding hydrogens is 474 g/mol. The molecule has 37 heavy (non-hydrogen) atoms. The first kappa shape index (κ1) is 26.7. The Labute approximate surface area is 216 Å². The summed E-state index contributed by atoms with van der Waals surface area (Å²) in [6, 6.07) is 4.72. The molecular formula is C27H37N5O5. The van der Waals surface area contributed by atoms with Crippen LogP contribution < -0.4 is 16.0 Å². The van der Waals surface area contributed by atoms with E-state index in [-0.39, 0.29) is 30.2 Å². The van der Waals surface area contributed by atoms with Crippen molar-refractivity contribution in [2.24, 2.45) is 5.92 Å². The largest absolute Gasteiger partial charge is 0.480 e. The lowest BCUT2D eigenvalue weighted by Gasteiger charge is -2.31. The molecule has 5 unspecified atom stereocenters. The van der Waals surface area contributed by atoms with Crippen LogP contribution in [0.1, 0.15) is 51.5 Å². The van der Waals surface area contributed by atoms with Crippen molar-refractivity contribution in [3.8, 4) is 0 Å². The topological polar surface area (TPSA) is 144 Å². The summed E-state index contributed by atoms with van der Waals surface area (Å²) in [6.07, 6.45) is 5.30. The van der Waals surface area contributed by atoms with Crippen LogP contribution in [-0.2, 0) is 25.6 Å². The summed E-state index contributed by atoms with van der Waals surface area (Å²) in [4.78, 5) is 56.4. The fourth-order valence-electron chi connectivity index (χ4n) is 5.31. The Morgan fingerprint density at radius 2 is 1.92 bits per heavy atom. The summed E-state index contributed by atoms with van der Waals surface area (Å²) in [6.45, 7) is 4.89. The number of H-pyrrole nitrogens is 1. The van der Waals surface area contributed by atoms with Crippen LogP contribution >= 0.6 is 0 Å². The van der Waals surface area contributed by atoms with E-state index in [2.05, 4.69) is 20.9 Å². The summed E-state index contributed by atoms with van der Waals surface area (Å²) < 4.78 is 0. The normalized spacial score (nSPS) is 21.9. The number of fused-ring (bicyclic) bond motifs is 1. The van der Waals surface area contributed by atoms with E-state index in [0.717, 1.165) is 29.4 Å². The van der Waals surface area contributed by atoms with Crippen molar-refractivity contribution in [1.29, 1.82) is 0 Å². The second-order valence-electron chi connectivity index (χ2n) is 10.2. The van der Waals surface area contributed by atoms with E-state index in [0.29, 0.717) is 32.2 Å². The van der Waals surface area contributed by atoms with Crippen LogP contribution in [0.15, 0.2) is 30.5 Å². The monoisotopic (exact) mass is 511 g/mol. The predicted molar refractivity (Wildman–Crippen MR) is 139 cm³/mol. The van der Waals surface area contributed by atoms with Crippen molar-refractivity contribution < 1.29 is 24.3 Å². The van der Waals surface area contributed by atoms with E-state index in [1.807, 2.05) is 44.3 Å². The number of aromatic nitrogens is 1. The van der Waals surface area contributed by atoms with Crippen LogP contribution in [0.4, 0.5) is 0 Å². The molecule has 0 aliphatic carbocycles. The van der Waals surface area contributed by atoms with E-state index in [9.17, 15) is 24.3 Å². The molecule has 10 nitrogen and oxygen atoms in total. The maximum absolute atomic E-state index is 13.7. The number of carboxylic acid groups (broad SMARTS) is 1. The smallest absolute Gasteiger partial charge is 0.326 e. The molecule has 2 aromatic rings. The third-order valence-electron chi connectivity index (χ3n) is 7.71. The van der Waals surface area contributed by atoms with Gasteiger partial charge in [-0.15, -0.1) is 0 Å². The first-order valence-electron chi connectivity index (χ1n) is 13.2. The zero-order chi connectivity index (χ0) is 26.5. The van der Waals surface area contributed by atoms with Gasteiger partial charge in [-0.25, -0.2) is 4.79 Å². The maximum atomic E-state index is 13.7. The summed E-state index contributed by atoms with van der Waals surface area (Å²) in [5.41, 5.74) is 1.81. The van der Waals surface area contributed by atoms with E-state index < -0.39 is 30.0 Å². The summed E-state index contributed by atoms with van der Waals surface area (Å²) in [5.74, 6) is -2.33. The molecule has 5 N–H and O–H groups in total. The number of hydrogen-bond acceptors (Lipinski definition) is 5. The van der Waals surface area contributed by atoms with Crippen molar-refractivity contribution >= 4 is 34.6 Å². The lowest BCUT2D eigenvalue weighted by molar-refractivity contribution is -0.150. The number of likely N-dealkylation sites (tertiary alicyclic amines) is 1. The third kappa shape index (κ3) is 5.95. The molecule has 5 atom stereocenters. The molecule has 0 saturated carbocycles. The van der Waals surface area contributed by atoms with E-state index in [1.165, 1.54) is 4.90 Å². The van der Waals surface area contributed by atoms with Gasteiger partial charge in [-0.2, -0.15) is 0 Å². The van der Waals surface area contributed by atoms with Gasteiger partial charge < -0.3 is 30.9 Å². The Morgan fingerprint density at radius 1 is 1.14 bits per heavy atom. The van der Waals surface area contributed by atoms with Gasteiger partial charge in [0.05, 0.1) is 6.04 Å². The molecule has 2 fully saturated rings. The summed E-state index contributed by atoms with van der Waals surface area (Å²) in [7, 11) is 0. The molecule has 0 bridgehead atoms. The summed E-state index contributed by atoms with van der Waals surface area (Å²) in [5, 5.41) is 19.5. The molecule has 2 aliphatic heterocycles. The first-order chi connectivity index (χ1) is 17.8. The fraction of sp³-hybridized carbons (Fsp3) is 0.556. The number of rotatable bonds is 10. The second-order valence-corrected chi connectivity index (χ2v) is 10.2. The highest BCUT2D eigenvalue weighted by Gasteiger charge is 2.40. The number of aliphatic carboxylic acids is 1. The lowest BCUT2D eigenvalue weighted by Crippen LogP contribution is -2.59. The standard InChI is InChI=1S/C27H37N5O5/c1-3-16(2)23(26(35)32-13-7-11-22(32)27(36)37)31-25(34)21(30-24(33)20-10-6-12-28-20)14-17-15-29-19-9-5-4-8-18(17)19/h4-5,8-9,15-16,20-23,28-29H,3,6-7,10-14H2,1-2H3,(H,30,33)(H,31,34)(H,36,37). The van der Waals surface area contributed by atoms with Gasteiger partial charge in [0.25, 0.3) is 0 Å². The molecule has 3 heterocycles. The third-order valence-corrected chi connectivity index (χ3v) is 7.71. The molecule has 10 heteroatoms. The number of para-hydroxylation sites is 1. The average Bonchev–Trinajstić information content (AvgIpc) is 3.67. The first-order valence-corrected chi connectivity index (χ1v) is 13.2. The van der Waals surface area contributed by atoms with Gasteiger partial charge in [0.1, 0.15) is 18.1 Å². The van der Waals surface area contributed by atoms with Crippen molar-refractivity contribution in [3.05, 3.63) is 36.0 Å². The molecule has 1 aromatic carbocycles. The molecule has 1 aromatic heterocycles. The SMILES string of the molecule is CCC(C)C(NC(=O)C(Cc1c[nH]c2ccccc12)NC(=O)C1CCCN1)C(=O)N1CCCC1C(=O)O. The lowest BCUT2D eigenvalue weighted by atomic mass is 9.96. The number of amides is 3. The van der Waals surface area contributed by atoms with Crippen LogP contribution in [0.2, 0.25) is 0 Å². The zero-order valence-corrected chi connectivity index (χ0v) is 21.5. The van der Waals surface area contributed by atoms with Crippen LogP contribution in [0.5, 0.6) is 0 Å². The Kier molecular flexibility index (Phi) is 8.48. The molecule has 2 aliphatic rings. The number of nitrogens with zero attached hydrogens (tertiary/aromatic N) is 1. The predicted octanol–water partition coefficient (Wildman–Crippen LogP) is 1.55. The molecule has 200 valence electrons. The van der Waals surface area contributed by atoms with Gasteiger partial charge in [-0.05, 0) is 49.8 Å². The number of carboxylic acids is 1. The molecule has 3 amide bonds. The van der Waals surface area contributed by atoms with Gasteiger partial charge >= 0.3 is 5.97 Å². The zero-order valence-electron chi connectivity index (χ0n) is 21.5.